The molecule has 0 aromatic carbocycles. The highest BCUT2D eigenvalue weighted by molar-refractivity contribution is 7.15. The van der Waals surface area contributed by atoms with Gasteiger partial charge in [-0.3, -0.25) is 0 Å². The lowest BCUT2D eigenvalue weighted by molar-refractivity contribution is 0.232. The van der Waals surface area contributed by atoms with Gasteiger partial charge in [-0.05, 0) is 44.9 Å². The quantitative estimate of drug-likeness (QED) is 0.837. The fraction of sp³-hybridized carbons (Fsp3) is 0.769. The largest absolute Gasteiger partial charge is 0.359 e. The summed E-state index contributed by atoms with van der Waals surface area (Å²) in [6, 6.07) is 0.637. The Hall–Kier alpha value is -0.570. The van der Waals surface area contributed by atoms with Crippen LogP contribution in [0.1, 0.15) is 50.1 Å². The molecule has 0 atom stereocenters. The van der Waals surface area contributed by atoms with Gasteiger partial charge in [-0.15, -0.1) is 11.3 Å². The lowest BCUT2D eigenvalue weighted by Crippen LogP contribution is -2.29. The van der Waals surface area contributed by atoms with Crippen LogP contribution in [0.15, 0.2) is 0 Å². The van der Waals surface area contributed by atoms with Crippen molar-refractivity contribution in [3.63, 3.8) is 0 Å². The molecule has 0 radical (unpaired) electrons. The smallest absolute Gasteiger partial charge is 0.183 e. The van der Waals surface area contributed by atoms with Crippen LogP contribution in [0.2, 0.25) is 0 Å². The summed E-state index contributed by atoms with van der Waals surface area (Å²) in [5.74, 6) is 0. The van der Waals surface area contributed by atoms with Gasteiger partial charge < -0.3 is 5.32 Å². The zero-order valence-corrected chi connectivity index (χ0v) is 11.6. The highest BCUT2D eigenvalue weighted by Crippen LogP contribution is 2.36. The monoisotopic (exact) mass is 238 g/mol. The summed E-state index contributed by atoms with van der Waals surface area (Å²) in [5.41, 5.74) is 1.72. The lowest BCUT2D eigenvalue weighted by atomic mass is 9.76. The predicted octanol–water partition coefficient (Wildman–Crippen LogP) is 4.14. The van der Waals surface area contributed by atoms with E-state index in [0.29, 0.717) is 11.5 Å². The van der Waals surface area contributed by atoms with Gasteiger partial charge in [0.2, 0.25) is 0 Å². The average Bonchev–Trinajstić information content (AvgIpc) is 2.50. The molecule has 1 aliphatic rings. The minimum atomic E-state index is 0.549. The maximum absolute atomic E-state index is 4.55. The number of anilines is 1. The van der Waals surface area contributed by atoms with E-state index in [1.807, 2.05) is 0 Å². The Labute approximate surface area is 102 Å². The van der Waals surface area contributed by atoms with Gasteiger partial charge >= 0.3 is 0 Å². The average molecular weight is 238 g/mol. The zero-order valence-electron chi connectivity index (χ0n) is 10.8. The number of hydrogen-bond acceptors (Lipinski definition) is 3. The number of nitrogens with one attached hydrogen (secondary N) is 1. The highest BCUT2D eigenvalue weighted by atomic mass is 32.1. The Morgan fingerprint density at radius 2 is 1.88 bits per heavy atom. The first-order valence-electron chi connectivity index (χ1n) is 6.17. The summed E-state index contributed by atoms with van der Waals surface area (Å²) in [6.45, 7) is 8.98. The zero-order chi connectivity index (χ0) is 11.8. The fourth-order valence-electron chi connectivity index (χ4n) is 2.25. The van der Waals surface area contributed by atoms with E-state index in [4.69, 9.17) is 0 Å². The summed E-state index contributed by atoms with van der Waals surface area (Å²) in [6.07, 6.45) is 5.22. The van der Waals surface area contributed by atoms with Gasteiger partial charge in [0.15, 0.2) is 5.13 Å². The molecule has 0 unspecified atom stereocenters. The van der Waals surface area contributed by atoms with Crippen molar-refractivity contribution >= 4 is 16.5 Å². The van der Waals surface area contributed by atoms with E-state index in [2.05, 4.69) is 38.0 Å². The molecule has 1 aromatic heterocycles. The molecule has 16 heavy (non-hydrogen) atoms. The van der Waals surface area contributed by atoms with E-state index in [9.17, 15) is 0 Å². The molecule has 1 aromatic rings. The van der Waals surface area contributed by atoms with Crippen molar-refractivity contribution in [3.05, 3.63) is 10.6 Å². The van der Waals surface area contributed by atoms with Crippen LogP contribution in [0.25, 0.3) is 0 Å². The van der Waals surface area contributed by atoms with Crippen LogP contribution >= 0.6 is 11.3 Å². The summed E-state index contributed by atoms with van der Waals surface area (Å²) in [4.78, 5) is 5.88. The van der Waals surface area contributed by atoms with Gasteiger partial charge in [-0.25, -0.2) is 4.98 Å². The van der Waals surface area contributed by atoms with Gasteiger partial charge in [-0.2, -0.15) is 0 Å². The molecule has 1 aliphatic carbocycles. The first-order valence-corrected chi connectivity index (χ1v) is 6.98. The number of rotatable bonds is 2. The van der Waals surface area contributed by atoms with E-state index >= 15 is 0 Å². The first kappa shape index (κ1) is 11.9. The van der Waals surface area contributed by atoms with Crippen LogP contribution in [0, 0.1) is 19.3 Å². The minimum Gasteiger partial charge on any atom is -0.359 e. The maximum atomic E-state index is 4.55. The second-order valence-electron chi connectivity index (χ2n) is 5.74. The second-order valence-corrected chi connectivity index (χ2v) is 6.95. The first-order chi connectivity index (χ1) is 7.46. The molecule has 0 aliphatic heterocycles. The molecular weight excluding hydrogens is 216 g/mol. The van der Waals surface area contributed by atoms with E-state index in [-0.39, 0.29) is 0 Å². The Morgan fingerprint density at radius 3 is 2.38 bits per heavy atom. The molecule has 1 fully saturated rings. The minimum absolute atomic E-state index is 0.549. The van der Waals surface area contributed by atoms with Crippen molar-refractivity contribution in [2.45, 2.75) is 59.4 Å². The Morgan fingerprint density at radius 1 is 1.25 bits per heavy atom. The number of aryl methyl sites for hydroxylation is 2. The molecule has 0 bridgehead atoms. The summed E-state index contributed by atoms with van der Waals surface area (Å²) < 4.78 is 0. The molecule has 1 heterocycles. The van der Waals surface area contributed by atoms with Crippen LogP contribution in [0.3, 0.4) is 0 Å². The van der Waals surface area contributed by atoms with Gasteiger partial charge in [0.25, 0.3) is 0 Å². The van der Waals surface area contributed by atoms with Crippen LogP contribution < -0.4 is 5.32 Å². The molecule has 2 nitrogen and oxygen atoms in total. The molecule has 2 rings (SSSR count). The van der Waals surface area contributed by atoms with Crippen molar-refractivity contribution in [1.29, 1.82) is 0 Å². The van der Waals surface area contributed by atoms with E-state index in [0.717, 1.165) is 5.13 Å². The topological polar surface area (TPSA) is 24.9 Å². The van der Waals surface area contributed by atoms with Crippen molar-refractivity contribution < 1.29 is 0 Å². The normalized spacial score (nSPS) is 21.0. The summed E-state index contributed by atoms with van der Waals surface area (Å²) >= 11 is 1.79. The molecular formula is C13H22N2S. The van der Waals surface area contributed by atoms with Gasteiger partial charge in [-0.1, -0.05) is 13.8 Å². The van der Waals surface area contributed by atoms with Crippen LogP contribution in [0.4, 0.5) is 5.13 Å². The van der Waals surface area contributed by atoms with Crippen LogP contribution in [-0.2, 0) is 0 Å². The molecule has 0 amide bonds. The van der Waals surface area contributed by atoms with E-state index in [1.54, 1.807) is 11.3 Å². The number of aromatic nitrogens is 1. The summed E-state index contributed by atoms with van der Waals surface area (Å²) in [7, 11) is 0. The molecule has 3 heteroatoms. The van der Waals surface area contributed by atoms with Crippen LogP contribution in [-0.4, -0.2) is 11.0 Å². The number of thiazole rings is 1. The van der Waals surface area contributed by atoms with E-state index < -0.39 is 0 Å². The van der Waals surface area contributed by atoms with Crippen molar-refractivity contribution in [1.82, 2.24) is 4.98 Å². The number of nitrogens with zero attached hydrogens (tertiary/aromatic N) is 1. The SMILES string of the molecule is Cc1nc(NC2CCC(C)(C)CC2)sc1C. The standard InChI is InChI=1S/C13H22N2S/c1-9-10(2)16-12(14-9)15-11-5-7-13(3,4)8-6-11/h11H,5-8H2,1-4H3,(H,14,15). The Bertz CT molecular complexity index is 339. The second kappa shape index (κ2) is 4.36. The molecule has 1 saturated carbocycles. The molecule has 0 spiro atoms. The van der Waals surface area contributed by atoms with Crippen molar-refractivity contribution in [2.24, 2.45) is 5.41 Å². The van der Waals surface area contributed by atoms with E-state index in [1.165, 1.54) is 36.3 Å². The Kier molecular flexibility index (Phi) is 3.24. The third-order valence-corrected chi connectivity index (χ3v) is 4.70. The number of hydrogen-bond donors (Lipinski definition) is 1. The van der Waals surface area contributed by atoms with Crippen molar-refractivity contribution in [2.75, 3.05) is 5.32 Å². The van der Waals surface area contributed by atoms with Gasteiger partial charge in [0.05, 0.1) is 5.69 Å². The third-order valence-electron chi connectivity index (χ3n) is 3.70. The lowest BCUT2D eigenvalue weighted by Gasteiger charge is -2.34. The maximum Gasteiger partial charge on any atom is 0.183 e. The predicted molar refractivity (Wildman–Crippen MR) is 71.2 cm³/mol. The van der Waals surface area contributed by atoms with Crippen LogP contribution in [0.5, 0.6) is 0 Å². The highest BCUT2D eigenvalue weighted by Gasteiger charge is 2.27. The van der Waals surface area contributed by atoms with Crippen molar-refractivity contribution in [3.8, 4) is 0 Å². The third kappa shape index (κ3) is 2.76. The van der Waals surface area contributed by atoms with Gasteiger partial charge in [0, 0.05) is 10.9 Å². The van der Waals surface area contributed by atoms with Gasteiger partial charge in [0.1, 0.15) is 0 Å². The fourth-order valence-corrected chi connectivity index (χ4v) is 3.14. The molecule has 90 valence electrons. The Balaban J connectivity index is 1.92. The summed E-state index contributed by atoms with van der Waals surface area (Å²) in [5, 5.41) is 4.70. The molecule has 1 N–H and O–H groups in total. The molecule has 0 saturated heterocycles.